The van der Waals surface area contributed by atoms with Crippen LogP contribution in [0.25, 0.3) is 11.1 Å². The van der Waals surface area contributed by atoms with Crippen LogP contribution in [-0.2, 0) is 24.0 Å². The number of amides is 3. The van der Waals surface area contributed by atoms with E-state index in [1.807, 2.05) is 54.0 Å². The van der Waals surface area contributed by atoms with Crippen molar-refractivity contribution in [3.63, 3.8) is 0 Å². The Morgan fingerprint density at radius 2 is 1.56 bits per heavy atom. The van der Waals surface area contributed by atoms with Gasteiger partial charge in [-0.25, -0.2) is 15.1 Å². The Kier molecular flexibility index (Phi) is 8.20. The third-order valence-corrected chi connectivity index (χ3v) is 5.37. The molecular formula is C24H27N3O7. The van der Waals surface area contributed by atoms with Gasteiger partial charge in [0.1, 0.15) is 12.6 Å². The maximum atomic E-state index is 12.5. The topological polar surface area (TPSA) is 143 Å². The number of carbonyl (C=O) groups is 4. The van der Waals surface area contributed by atoms with Gasteiger partial charge >= 0.3 is 12.1 Å². The number of aliphatic carboxylic acids is 1. The van der Waals surface area contributed by atoms with Gasteiger partial charge in [0.05, 0.1) is 6.54 Å². The summed E-state index contributed by atoms with van der Waals surface area (Å²) in [6, 6.07) is 15.0. The Labute approximate surface area is 196 Å². The Morgan fingerprint density at radius 1 is 0.971 bits per heavy atom. The van der Waals surface area contributed by atoms with Gasteiger partial charge in [0.2, 0.25) is 5.91 Å². The zero-order valence-corrected chi connectivity index (χ0v) is 18.9. The van der Waals surface area contributed by atoms with E-state index < -0.39 is 43.1 Å². The summed E-state index contributed by atoms with van der Waals surface area (Å²) in [6.07, 6.45) is -0.745. The second kappa shape index (κ2) is 11.3. The molecule has 1 aliphatic rings. The molecule has 3 amide bonds. The van der Waals surface area contributed by atoms with Crippen molar-refractivity contribution in [3.8, 4) is 11.1 Å². The number of ether oxygens (including phenoxy) is 1. The summed E-state index contributed by atoms with van der Waals surface area (Å²) in [7, 11) is 0. The fourth-order valence-electron chi connectivity index (χ4n) is 3.79. The fourth-order valence-corrected chi connectivity index (χ4v) is 3.79. The summed E-state index contributed by atoms with van der Waals surface area (Å²) in [6.45, 7) is 2.43. The molecule has 10 heteroatoms. The minimum absolute atomic E-state index is 0.107. The van der Waals surface area contributed by atoms with E-state index in [1.165, 1.54) is 0 Å². The molecule has 34 heavy (non-hydrogen) atoms. The molecule has 0 unspecified atom stereocenters. The number of carboxylic acid groups (broad SMARTS) is 1. The number of hydrogen-bond acceptors (Lipinski definition) is 6. The van der Waals surface area contributed by atoms with E-state index in [2.05, 4.69) is 15.5 Å². The number of carbonyl (C=O) groups excluding carboxylic acids is 3. The largest absolute Gasteiger partial charge is 0.479 e. The maximum absolute atomic E-state index is 12.5. The third-order valence-electron chi connectivity index (χ3n) is 5.37. The quantitative estimate of drug-likeness (QED) is 0.389. The van der Waals surface area contributed by atoms with Crippen LogP contribution in [0.2, 0.25) is 0 Å². The fraction of sp³-hybridized carbons (Fsp3) is 0.333. The average molecular weight is 469 g/mol. The van der Waals surface area contributed by atoms with Crippen LogP contribution in [0.15, 0.2) is 48.5 Å². The lowest BCUT2D eigenvalue weighted by atomic mass is 9.98. The van der Waals surface area contributed by atoms with Gasteiger partial charge in [0.25, 0.3) is 5.91 Å². The number of fused-ring (bicyclic) bond motifs is 3. The van der Waals surface area contributed by atoms with Crippen molar-refractivity contribution in [3.05, 3.63) is 59.7 Å². The smallest absolute Gasteiger partial charge is 0.407 e. The molecule has 1 aliphatic carbocycles. The molecule has 0 saturated heterocycles. The molecule has 0 fully saturated rings. The summed E-state index contributed by atoms with van der Waals surface area (Å²) in [5.74, 6) is -2.97. The van der Waals surface area contributed by atoms with Crippen molar-refractivity contribution in [2.45, 2.75) is 25.8 Å². The van der Waals surface area contributed by atoms with Crippen LogP contribution in [0.5, 0.6) is 0 Å². The van der Waals surface area contributed by atoms with Gasteiger partial charge in [0, 0.05) is 5.92 Å². The molecule has 10 nitrogen and oxygen atoms in total. The summed E-state index contributed by atoms with van der Waals surface area (Å²) in [4.78, 5) is 51.5. The van der Waals surface area contributed by atoms with Gasteiger partial charge in [-0.15, -0.1) is 0 Å². The first kappa shape index (κ1) is 24.7. The summed E-state index contributed by atoms with van der Waals surface area (Å²) in [5, 5.41) is 13.4. The number of hydrogen-bond donors (Lipinski definition) is 4. The highest BCUT2D eigenvalue weighted by molar-refractivity contribution is 5.89. The highest BCUT2D eigenvalue weighted by atomic mass is 16.7. The minimum atomic E-state index is -1.25. The Balaban J connectivity index is 1.54. The van der Waals surface area contributed by atoms with Crippen LogP contribution in [0.4, 0.5) is 4.79 Å². The highest BCUT2D eigenvalue weighted by Gasteiger charge is 2.30. The van der Waals surface area contributed by atoms with Crippen LogP contribution < -0.4 is 16.1 Å². The zero-order chi connectivity index (χ0) is 24.7. The molecule has 0 bridgehead atoms. The molecule has 3 rings (SSSR count). The second-order valence-corrected chi connectivity index (χ2v) is 8.12. The summed E-state index contributed by atoms with van der Waals surface area (Å²) in [5.41, 5.74) is 6.27. The van der Waals surface area contributed by atoms with Crippen LogP contribution >= 0.6 is 0 Å². The number of carboxylic acids is 1. The average Bonchev–Trinajstić information content (AvgIpc) is 3.13. The van der Waals surface area contributed by atoms with Crippen LogP contribution in [0.1, 0.15) is 30.9 Å². The van der Waals surface area contributed by atoms with E-state index in [9.17, 15) is 19.2 Å². The van der Waals surface area contributed by atoms with Crippen molar-refractivity contribution in [2.75, 3.05) is 19.8 Å². The maximum Gasteiger partial charge on any atom is 0.407 e. The van der Waals surface area contributed by atoms with Gasteiger partial charge in [-0.3, -0.25) is 14.4 Å². The summed E-state index contributed by atoms with van der Waals surface area (Å²) < 4.78 is 5.49. The lowest BCUT2D eigenvalue weighted by molar-refractivity contribution is -0.149. The first-order valence-corrected chi connectivity index (χ1v) is 10.8. The van der Waals surface area contributed by atoms with Crippen molar-refractivity contribution in [1.82, 2.24) is 16.1 Å². The Morgan fingerprint density at radius 3 is 2.12 bits per heavy atom. The predicted molar refractivity (Wildman–Crippen MR) is 122 cm³/mol. The number of hydroxylamine groups is 1. The third kappa shape index (κ3) is 6.10. The first-order valence-electron chi connectivity index (χ1n) is 10.8. The summed E-state index contributed by atoms with van der Waals surface area (Å²) >= 11 is 0. The number of rotatable bonds is 10. The number of alkyl carbamates (subject to hydrolysis) is 1. The molecule has 0 saturated carbocycles. The lowest BCUT2D eigenvalue weighted by Gasteiger charge is -2.22. The second-order valence-electron chi connectivity index (χ2n) is 8.12. The molecule has 0 aliphatic heterocycles. The van der Waals surface area contributed by atoms with Gasteiger partial charge < -0.3 is 20.5 Å². The van der Waals surface area contributed by atoms with Gasteiger partial charge in [-0.05, 0) is 28.2 Å². The van der Waals surface area contributed by atoms with Crippen molar-refractivity contribution >= 4 is 23.9 Å². The van der Waals surface area contributed by atoms with E-state index in [0.29, 0.717) is 0 Å². The predicted octanol–water partition coefficient (Wildman–Crippen LogP) is 1.80. The molecule has 2 aromatic rings. The standard InChI is InChI=1S/C24H27N3O7/c1-14(2)22(23(31)25-11-20(28)27-34-13-21(29)30)26-24(32)33-12-19-17-9-5-3-7-15(17)16-8-4-6-10-18(16)19/h3-10,14,19,22H,11-13H2,1-2H3,(H,25,31)(H,26,32)(H,27,28)(H,29,30)/t22-/m0/s1. The molecule has 4 N–H and O–H groups in total. The molecule has 0 aromatic heterocycles. The SMILES string of the molecule is CC(C)[C@H](NC(=O)OCC1c2ccccc2-c2ccccc21)C(=O)NCC(=O)NOCC(=O)O. The molecule has 0 radical (unpaired) electrons. The zero-order valence-electron chi connectivity index (χ0n) is 18.9. The van der Waals surface area contributed by atoms with E-state index in [4.69, 9.17) is 9.84 Å². The molecule has 1 atom stereocenters. The number of benzene rings is 2. The lowest BCUT2D eigenvalue weighted by Crippen LogP contribution is -2.51. The first-order chi connectivity index (χ1) is 16.3. The van der Waals surface area contributed by atoms with Crippen molar-refractivity contribution in [2.24, 2.45) is 5.92 Å². The monoisotopic (exact) mass is 469 g/mol. The van der Waals surface area contributed by atoms with Crippen LogP contribution in [-0.4, -0.2) is 54.8 Å². The molecule has 0 heterocycles. The van der Waals surface area contributed by atoms with Crippen molar-refractivity contribution in [1.29, 1.82) is 0 Å². The van der Waals surface area contributed by atoms with E-state index >= 15 is 0 Å². The van der Waals surface area contributed by atoms with E-state index in [0.717, 1.165) is 22.3 Å². The van der Waals surface area contributed by atoms with Gasteiger partial charge in [-0.2, -0.15) is 0 Å². The van der Waals surface area contributed by atoms with Crippen LogP contribution in [0.3, 0.4) is 0 Å². The molecular weight excluding hydrogens is 442 g/mol. The number of nitrogens with one attached hydrogen (secondary N) is 3. The van der Waals surface area contributed by atoms with E-state index in [1.54, 1.807) is 13.8 Å². The molecule has 180 valence electrons. The molecule has 0 spiro atoms. The van der Waals surface area contributed by atoms with E-state index in [-0.39, 0.29) is 18.4 Å². The van der Waals surface area contributed by atoms with Crippen LogP contribution in [0, 0.1) is 5.92 Å². The highest BCUT2D eigenvalue weighted by Crippen LogP contribution is 2.44. The van der Waals surface area contributed by atoms with Crippen molar-refractivity contribution < 1.29 is 33.9 Å². The Bertz CT molecular complexity index is 1020. The van der Waals surface area contributed by atoms with Gasteiger partial charge in [-0.1, -0.05) is 62.4 Å². The minimum Gasteiger partial charge on any atom is -0.479 e. The molecule has 2 aromatic carbocycles. The normalized spacial score (nSPS) is 12.9. The van der Waals surface area contributed by atoms with Gasteiger partial charge in [0.15, 0.2) is 6.61 Å². The Hall–Kier alpha value is -3.92.